The van der Waals surface area contributed by atoms with Gasteiger partial charge in [-0.1, -0.05) is 45.0 Å². The molecule has 1 aromatic rings. The number of aliphatic hydroxyl groups excluding tert-OH is 1. The molecule has 1 aliphatic heterocycles. The summed E-state index contributed by atoms with van der Waals surface area (Å²) in [4.78, 5) is 14.9. The van der Waals surface area contributed by atoms with Crippen LogP contribution in [0.25, 0.3) is 0 Å². The molecule has 1 N–H and O–H groups in total. The molecule has 1 aliphatic rings. The molecule has 3 unspecified atom stereocenters. The fourth-order valence-corrected chi connectivity index (χ4v) is 4.05. The fourth-order valence-electron chi connectivity index (χ4n) is 4.05. The zero-order valence-electron chi connectivity index (χ0n) is 19.5. The number of hydrogen-bond donors (Lipinski definition) is 1. The summed E-state index contributed by atoms with van der Waals surface area (Å²) in [6.45, 7) is 14.1. The molecule has 170 valence electrons. The van der Waals surface area contributed by atoms with Crippen LogP contribution in [0.4, 0.5) is 0 Å². The summed E-state index contributed by atoms with van der Waals surface area (Å²) in [6, 6.07) is 8.80. The van der Waals surface area contributed by atoms with Crippen LogP contribution in [0.2, 0.25) is 0 Å². The molecule has 0 bridgehead atoms. The van der Waals surface area contributed by atoms with Gasteiger partial charge in [0.05, 0.1) is 18.6 Å². The molecule has 0 amide bonds. The number of aliphatic hydroxyl groups is 1. The van der Waals surface area contributed by atoms with Crippen LogP contribution in [0, 0.1) is 5.41 Å². The number of β-amino-alcohol motifs (C(OH)–C–C–N with tert-alkyl or cyclic N) is 1. The van der Waals surface area contributed by atoms with Gasteiger partial charge in [0.1, 0.15) is 12.7 Å². The SMILES string of the molecule is CCC(C)c1cccc(C(CC)CC(C)(C)C(=O)OCC(O)CN2CCOCC2)c1. The van der Waals surface area contributed by atoms with Crippen molar-refractivity contribution in [1.82, 2.24) is 4.90 Å². The Bertz CT molecular complexity index is 654. The lowest BCUT2D eigenvalue weighted by atomic mass is 9.78. The third kappa shape index (κ3) is 7.36. The van der Waals surface area contributed by atoms with Gasteiger partial charge in [0.2, 0.25) is 0 Å². The first-order chi connectivity index (χ1) is 14.3. The van der Waals surface area contributed by atoms with E-state index in [0.29, 0.717) is 31.6 Å². The lowest BCUT2D eigenvalue weighted by Gasteiger charge is -2.30. The summed E-state index contributed by atoms with van der Waals surface area (Å²) in [6.07, 6.45) is 2.15. The van der Waals surface area contributed by atoms with Crippen molar-refractivity contribution in [3.8, 4) is 0 Å². The van der Waals surface area contributed by atoms with Gasteiger partial charge in [-0.3, -0.25) is 9.69 Å². The van der Waals surface area contributed by atoms with Gasteiger partial charge in [0.25, 0.3) is 0 Å². The Morgan fingerprint density at radius 3 is 2.50 bits per heavy atom. The van der Waals surface area contributed by atoms with E-state index in [1.54, 1.807) is 0 Å². The molecule has 30 heavy (non-hydrogen) atoms. The average molecular weight is 420 g/mol. The van der Waals surface area contributed by atoms with Crippen LogP contribution < -0.4 is 0 Å². The van der Waals surface area contributed by atoms with Gasteiger partial charge in [0.15, 0.2) is 0 Å². The predicted octanol–water partition coefficient (Wildman–Crippen LogP) is 4.35. The minimum Gasteiger partial charge on any atom is -0.462 e. The lowest BCUT2D eigenvalue weighted by Crippen LogP contribution is -2.42. The van der Waals surface area contributed by atoms with Crippen molar-refractivity contribution in [3.05, 3.63) is 35.4 Å². The monoisotopic (exact) mass is 419 g/mol. The summed E-state index contributed by atoms with van der Waals surface area (Å²) < 4.78 is 10.9. The molecule has 0 aliphatic carbocycles. The normalized spacial score (nSPS) is 18.6. The minimum atomic E-state index is -0.669. The number of morpholine rings is 1. The quantitative estimate of drug-likeness (QED) is 0.541. The number of hydrogen-bond acceptors (Lipinski definition) is 5. The molecule has 0 spiro atoms. The summed E-state index contributed by atoms with van der Waals surface area (Å²) in [5.41, 5.74) is 2.05. The van der Waals surface area contributed by atoms with E-state index in [9.17, 15) is 9.90 Å². The second-order valence-electron chi connectivity index (χ2n) is 9.34. The van der Waals surface area contributed by atoms with E-state index >= 15 is 0 Å². The topological polar surface area (TPSA) is 59.0 Å². The van der Waals surface area contributed by atoms with E-state index in [1.807, 2.05) is 13.8 Å². The van der Waals surface area contributed by atoms with Crippen LogP contribution in [0.3, 0.4) is 0 Å². The van der Waals surface area contributed by atoms with E-state index in [4.69, 9.17) is 9.47 Å². The highest BCUT2D eigenvalue weighted by Crippen LogP contribution is 2.36. The summed E-state index contributed by atoms with van der Waals surface area (Å²) >= 11 is 0. The second kappa shape index (κ2) is 11.8. The zero-order chi connectivity index (χ0) is 22.1. The first-order valence-corrected chi connectivity index (χ1v) is 11.5. The highest BCUT2D eigenvalue weighted by molar-refractivity contribution is 5.76. The molecule has 0 aromatic heterocycles. The van der Waals surface area contributed by atoms with Gasteiger partial charge in [-0.15, -0.1) is 0 Å². The molecule has 0 radical (unpaired) electrons. The van der Waals surface area contributed by atoms with Crippen molar-refractivity contribution < 1.29 is 19.4 Å². The number of carbonyl (C=O) groups excluding carboxylic acids is 1. The Hall–Kier alpha value is -1.43. The van der Waals surface area contributed by atoms with Crippen molar-refractivity contribution >= 4 is 5.97 Å². The lowest BCUT2D eigenvalue weighted by molar-refractivity contribution is -0.158. The fraction of sp³-hybridized carbons (Fsp3) is 0.720. The molecular formula is C25H41NO4. The standard InChI is InChI=1S/C25H41NO4/c1-6-19(3)21-9-8-10-22(15-21)20(7-2)16-25(4,5)24(28)30-18-23(27)17-26-11-13-29-14-12-26/h8-10,15,19-20,23,27H,6-7,11-14,16-18H2,1-5H3. The molecular weight excluding hydrogens is 378 g/mol. The number of ether oxygens (including phenoxy) is 2. The summed E-state index contributed by atoms with van der Waals surface area (Å²) in [5.74, 6) is 0.600. The van der Waals surface area contributed by atoms with Gasteiger partial charge in [-0.05, 0) is 56.1 Å². The maximum absolute atomic E-state index is 12.8. The van der Waals surface area contributed by atoms with Crippen molar-refractivity contribution in [2.75, 3.05) is 39.5 Å². The molecule has 1 aromatic carbocycles. The Kier molecular flexibility index (Phi) is 9.79. The van der Waals surface area contributed by atoms with E-state index in [2.05, 4.69) is 49.9 Å². The van der Waals surface area contributed by atoms with E-state index in [0.717, 1.165) is 32.4 Å². The van der Waals surface area contributed by atoms with Gasteiger partial charge in [-0.2, -0.15) is 0 Å². The smallest absolute Gasteiger partial charge is 0.311 e. The second-order valence-corrected chi connectivity index (χ2v) is 9.34. The van der Waals surface area contributed by atoms with Crippen LogP contribution in [0.15, 0.2) is 24.3 Å². The predicted molar refractivity (Wildman–Crippen MR) is 121 cm³/mol. The largest absolute Gasteiger partial charge is 0.462 e. The van der Waals surface area contributed by atoms with Gasteiger partial charge in [0, 0.05) is 19.6 Å². The highest BCUT2D eigenvalue weighted by atomic mass is 16.5. The van der Waals surface area contributed by atoms with Crippen molar-refractivity contribution in [3.63, 3.8) is 0 Å². The summed E-state index contributed by atoms with van der Waals surface area (Å²) in [7, 11) is 0. The van der Waals surface area contributed by atoms with E-state index in [1.165, 1.54) is 11.1 Å². The van der Waals surface area contributed by atoms with Crippen LogP contribution in [-0.2, 0) is 14.3 Å². The minimum absolute atomic E-state index is 0.0416. The number of benzene rings is 1. The van der Waals surface area contributed by atoms with Crippen LogP contribution in [0.5, 0.6) is 0 Å². The first-order valence-electron chi connectivity index (χ1n) is 11.5. The van der Waals surface area contributed by atoms with Gasteiger partial charge in [-0.25, -0.2) is 0 Å². The summed E-state index contributed by atoms with van der Waals surface area (Å²) in [5, 5.41) is 10.3. The highest BCUT2D eigenvalue weighted by Gasteiger charge is 2.33. The first kappa shape index (κ1) is 24.8. The van der Waals surface area contributed by atoms with Crippen molar-refractivity contribution in [2.24, 2.45) is 5.41 Å². The van der Waals surface area contributed by atoms with Crippen LogP contribution in [-0.4, -0.2) is 61.5 Å². The van der Waals surface area contributed by atoms with Crippen molar-refractivity contribution in [1.29, 1.82) is 0 Å². The third-order valence-corrected chi connectivity index (χ3v) is 6.35. The number of rotatable bonds is 11. The maximum atomic E-state index is 12.8. The van der Waals surface area contributed by atoms with Gasteiger partial charge >= 0.3 is 5.97 Å². The number of carbonyl (C=O) groups is 1. The Morgan fingerprint density at radius 2 is 1.87 bits per heavy atom. The Balaban J connectivity index is 1.91. The average Bonchev–Trinajstić information content (AvgIpc) is 2.76. The number of esters is 1. The number of nitrogens with zero attached hydrogens (tertiary/aromatic N) is 1. The molecule has 5 nitrogen and oxygen atoms in total. The molecule has 2 rings (SSSR count). The molecule has 1 heterocycles. The van der Waals surface area contributed by atoms with E-state index in [-0.39, 0.29) is 12.6 Å². The van der Waals surface area contributed by atoms with Crippen molar-refractivity contribution in [2.45, 2.75) is 71.8 Å². The van der Waals surface area contributed by atoms with Crippen LogP contribution >= 0.6 is 0 Å². The maximum Gasteiger partial charge on any atom is 0.311 e. The van der Waals surface area contributed by atoms with Gasteiger partial charge < -0.3 is 14.6 Å². The Morgan fingerprint density at radius 1 is 1.20 bits per heavy atom. The molecule has 1 saturated heterocycles. The molecule has 5 heteroatoms. The molecule has 1 fully saturated rings. The zero-order valence-corrected chi connectivity index (χ0v) is 19.5. The van der Waals surface area contributed by atoms with Crippen LogP contribution in [0.1, 0.15) is 76.8 Å². The molecule has 3 atom stereocenters. The third-order valence-electron chi connectivity index (χ3n) is 6.35. The molecule has 0 saturated carbocycles. The Labute approximate surface area is 182 Å². The van der Waals surface area contributed by atoms with E-state index < -0.39 is 11.5 Å².